The van der Waals surface area contributed by atoms with Gasteiger partial charge in [-0.2, -0.15) is 0 Å². The second-order valence-electron chi connectivity index (χ2n) is 8.03. The van der Waals surface area contributed by atoms with Crippen LogP contribution in [0, 0.1) is 28.8 Å². The van der Waals surface area contributed by atoms with Crippen LogP contribution in [0.1, 0.15) is 31.2 Å². The predicted molar refractivity (Wildman–Crippen MR) is 89.0 cm³/mol. The number of hydrogen-bond donors (Lipinski definition) is 1. The van der Waals surface area contributed by atoms with E-state index in [1.165, 1.54) is 18.9 Å². The Morgan fingerprint density at radius 2 is 1.85 bits per heavy atom. The van der Waals surface area contributed by atoms with Crippen LogP contribution in [-0.4, -0.2) is 53.1 Å². The van der Waals surface area contributed by atoms with Gasteiger partial charge in [-0.1, -0.05) is 18.9 Å². The second kappa shape index (κ2) is 6.53. The van der Waals surface area contributed by atoms with Gasteiger partial charge < -0.3 is 5.11 Å². The fraction of sp³-hybridized carbons (Fsp3) is 0.632. The molecule has 4 rings (SSSR count). The molecule has 1 aliphatic carbocycles. The van der Waals surface area contributed by atoms with Crippen molar-refractivity contribution in [2.24, 2.45) is 11.3 Å². The fourth-order valence-electron chi connectivity index (χ4n) is 5.11. The maximum Gasteiger partial charge on any atom is 0.312 e. The van der Waals surface area contributed by atoms with Crippen molar-refractivity contribution >= 4 is 5.97 Å². The average Bonchev–Trinajstić information content (AvgIpc) is 3.29. The topological polar surface area (TPSA) is 43.8 Å². The first-order valence-electron chi connectivity index (χ1n) is 9.23. The minimum absolute atomic E-state index is 0.0195. The molecule has 7 heteroatoms. The van der Waals surface area contributed by atoms with Gasteiger partial charge in [0.05, 0.1) is 5.41 Å². The molecule has 0 unspecified atom stereocenters. The van der Waals surface area contributed by atoms with E-state index in [0.717, 1.165) is 25.5 Å². The molecule has 1 aromatic carbocycles. The molecule has 2 saturated heterocycles. The van der Waals surface area contributed by atoms with Gasteiger partial charge in [-0.05, 0) is 18.9 Å². The molecule has 1 N–H and O–H groups in total. The lowest BCUT2D eigenvalue weighted by atomic mass is 9.81. The molecule has 1 saturated carbocycles. The van der Waals surface area contributed by atoms with E-state index in [0.29, 0.717) is 25.7 Å². The van der Waals surface area contributed by atoms with Crippen LogP contribution in [0.4, 0.5) is 13.2 Å². The van der Waals surface area contributed by atoms with E-state index in [-0.39, 0.29) is 18.0 Å². The van der Waals surface area contributed by atoms with Crippen molar-refractivity contribution < 1.29 is 23.1 Å². The molecule has 1 aromatic rings. The molecule has 3 aliphatic rings. The number of benzene rings is 1. The summed E-state index contributed by atoms with van der Waals surface area (Å²) in [6.07, 6.45) is 4.67. The number of carbonyl (C=O) groups is 1. The highest BCUT2D eigenvalue weighted by molar-refractivity contribution is 5.77. The monoisotopic (exact) mass is 368 g/mol. The van der Waals surface area contributed by atoms with Crippen LogP contribution in [0.15, 0.2) is 12.1 Å². The summed E-state index contributed by atoms with van der Waals surface area (Å²) in [5.74, 6) is -4.69. The van der Waals surface area contributed by atoms with Crippen LogP contribution < -0.4 is 0 Å². The molecule has 0 spiro atoms. The molecule has 142 valence electrons. The zero-order chi connectivity index (χ0) is 18.5. The summed E-state index contributed by atoms with van der Waals surface area (Å²) in [6, 6.07) is 2.63. The van der Waals surface area contributed by atoms with Crippen LogP contribution in [0.2, 0.25) is 0 Å². The lowest BCUT2D eigenvalue weighted by molar-refractivity contribution is -0.149. The van der Waals surface area contributed by atoms with Crippen LogP contribution in [0.5, 0.6) is 0 Å². The minimum Gasteiger partial charge on any atom is -0.481 e. The summed E-state index contributed by atoms with van der Waals surface area (Å²) < 4.78 is 40.5. The normalized spacial score (nSPS) is 30.2. The predicted octanol–water partition coefficient (Wildman–Crippen LogP) is 2.86. The Hall–Kier alpha value is -1.60. The maximum atomic E-state index is 14.0. The van der Waals surface area contributed by atoms with Crippen molar-refractivity contribution in [3.63, 3.8) is 0 Å². The number of rotatable bonds is 4. The molecular weight excluding hydrogens is 345 g/mol. The molecule has 0 amide bonds. The van der Waals surface area contributed by atoms with E-state index < -0.39 is 28.8 Å². The molecule has 2 aliphatic heterocycles. The standard InChI is InChI=1S/C19H23F3N2O2/c20-15-6-5-12(16(21)17(15)22)7-23-8-13-9-24(14-3-1-2-4-14)11-19(13,10-23)18(25)26/h5-6,13-14H,1-4,7-11H2,(H,25,26)/t13-,19-/m1/s1. The largest absolute Gasteiger partial charge is 0.481 e. The first kappa shape index (κ1) is 17.8. The molecule has 3 fully saturated rings. The summed E-state index contributed by atoms with van der Waals surface area (Å²) in [4.78, 5) is 16.3. The van der Waals surface area contributed by atoms with Crippen molar-refractivity contribution in [2.45, 2.75) is 38.3 Å². The summed E-state index contributed by atoms with van der Waals surface area (Å²) in [6.45, 7) is 2.21. The molecule has 0 radical (unpaired) electrons. The molecule has 2 atom stereocenters. The van der Waals surface area contributed by atoms with Gasteiger partial charge in [0.25, 0.3) is 0 Å². The van der Waals surface area contributed by atoms with Crippen LogP contribution in [0.3, 0.4) is 0 Å². The van der Waals surface area contributed by atoms with E-state index in [9.17, 15) is 23.1 Å². The molecule has 2 heterocycles. The quantitative estimate of drug-likeness (QED) is 0.830. The van der Waals surface area contributed by atoms with Crippen molar-refractivity contribution in [1.82, 2.24) is 9.80 Å². The number of nitrogens with zero attached hydrogens (tertiary/aromatic N) is 2. The molecule has 0 aromatic heterocycles. The maximum absolute atomic E-state index is 14.0. The Morgan fingerprint density at radius 3 is 2.50 bits per heavy atom. The summed E-state index contributed by atoms with van der Waals surface area (Å²) >= 11 is 0. The van der Waals surface area contributed by atoms with Crippen LogP contribution in [0.25, 0.3) is 0 Å². The minimum atomic E-state index is -1.47. The van der Waals surface area contributed by atoms with E-state index in [4.69, 9.17) is 0 Å². The number of aliphatic carboxylic acids is 1. The molecule has 0 bridgehead atoms. The molecule has 4 nitrogen and oxygen atoms in total. The Balaban J connectivity index is 1.50. The number of halogens is 3. The van der Waals surface area contributed by atoms with Gasteiger partial charge in [-0.3, -0.25) is 14.6 Å². The summed E-state index contributed by atoms with van der Waals surface area (Å²) in [5, 5.41) is 9.92. The third-order valence-electron chi connectivity index (χ3n) is 6.48. The van der Waals surface area contributed by atoms with Crippen LogP contribution in [-0.2, 0) is 11.3 Å². The van der Waals surface area contributed by atoms with Gasteiger partial charge in [-0.25, -0.2) is 13.2 Å². The van der Waals surface area contributed by atoms with Gasteiger partial charge in [0.1, 0.15) is 0 Å². The summed E-state index contributed by atoms with van der Waals surface area (Å²) in [5.41, 5.74) is -0.783. The van der Waals surface area contributed by atoms with Gasteiger partial charge >= 0.3 is 5.97 Å². The smallest absolute Gasteiger partial charge is 0.312 e. The highest BCUT2D eigenvalue weighted by Gasteiger charge is 2.58. The number of likely N-dealkylation sites (tertiary alicyclic amines) is 2. The number of carboxylic acid groups (broad SMARTS) is 1. The Kier molecular flexibility index (Phi) is 4.47. The number of carboxylic acids is 1. The zero-order valence-electron chi connectivity index (χ0n) is 14.6. The van der Waals surface area contributed by atoms with Crippen molar-refractivity contribution in [3.05, 3.63) is 35.1 Å². The zero-order valence-corrected chi connectivity index (χ0v) is 14.6. The van der Waals surface area contributed by atoms with Gasteiger partial charge in [0.15, 0.2) is 17.5 Å². The first-order chi connectivity index (χ1) is 12.4. The average molecular weight is 368 g/mol. The van der Waals surface area contributed by atoms with Crippen LogP contribution >= 0.6 is 0 Å². The fourth-order valence-corrected chi connectivity index (χ4v) is 5.11. The Labute approximate surface area is 150 Å². The van der Waals surface area contributed by atoms with Gasteiger partial charge in [-0.15, -0.1) is 0 Å². The number of hydrogen-bond acceptors (Lipinski definition) is 3. The van der Waals surface area contributed by atoms with Crippen molar-refractivity contribution in [3.8, 4) is 0 Å². The first-order valence-corrected chi connectivity index (χ1v) is 9.23. The van der Waals surface area contributed by atoms with Crippen molar-refractivity contribution in [1.29, 1.82) is 0 Å². The van der Waals surface area contributed by atoms with Crippen molar-refractivity contribution in [2.75, 3.05) is 26.2 Å². The van der Waals surface area contributed by atoms with Gasteiger partial charge in [0, 0.05) is 50.2 Å². The lowest BCUT2D eigenvalue weighted by Crippen LogP contribution is -2.42. The lowest BCUT2D eigenvalue weighted by Gasteiger charge is -2.28. The Bertz CT molecular complexity index is 723. The van der Waals surface area contributed by atoms with E-state index in [1.54, 1.807) is 0 Å². The molecule has 26 heavy (non-hydrogen) atoms. The van der Waals surface area contributed by atoms with Gasteiger partial charge in [0.2, 0.25) is 0 Å². The van der Waals surface area contributed by atoms with E-state index in [1.807, 2.05) is 4.90 Å². The highest BCUT2D eigenvalue weighted by atomic mass is 19.2. The summed E-state index contributed by atoms with van der Waals surface area (Å²) in [7, 11) is 0. The molecular formula is C19H23F3N2O2. The highest BCUT2D eigenvalue weighted by Crippen LogP contribution is 2.45. The third kappa shape index (κ3) is 2.81. The third-order valence-corrected chi connectivity index (χ3v) is 6.48. The van der Waals surface area contributed by atoms with E-state index >= 15 is 0 Å². The van der Waals surface area contributed by atoms with E-state index in [2.05, 4.69) is 4.90 Å². The SMILES string of the molecule is O=C(O)[C@@]12CN(Cc3ccc(F)c(F)c3F)C[C@@H]1CN(C1CCCC1)C2. The second-order valence-corrected chi connectivity index (χ2v) is 8.03. The Morgan fingerprint density at radius 1 is 1.12 bits per heavy atom. The number of fused-ring (bicyclic) bond motifs is 1.